The van der Waals surface area contributed by atoms with Crippen molar-refractivity contribution in [3.8, 4) is 5.75 Å². The number of hydrogen-bond donors (Lipinski definition) is 3. The molecule has 4 rings (SSSR count). The Balaban J connectivity index is 1.46. The van der Waals surface area contributed by atoms with Crippen molar-refractivity contribution in [2.45, 2.75) is 45.4 Å². The lowest BCUT2D eigenvalue weighted by Crippen LogP contribution is -2.49. The number of rotatable bonds is 10. The van der Waals surface area contributed by atoms with E-state index in [4.69, 9.17) is 10.1 Å². The van der Waals surface area contributed by atoms with Crippen molar-refractivity contribution in [2.75, 3.05) is 18.4 Å². The van der Waals surface area contributed by atoms with Crippen LogP contribution in [-0.2, 0) is 21.0 Å². The Hall–Kier alpha value is -3.82. The normalized spacial score (nSPS) is 20.3. The molecule has 1 aromatic heterocycles. The molecule has 3 atom stereocenters. The van der Waals surface area contributed by atoms with E-state index in [1.807, 2.05) is 6.92 Å². The Kier molecular flexibility index (Phi) is 6.85. The smallest absolute Gasteiger partial charge is 0.242 e. The highest BCUT2D eigenvalue weighted by molar-refractivity contribution is 6.45. The van der Waals surface area contributed by atoms with Gasteiger partial charge in [-0.2, -0.15) is 0 Å². The summed E-state index contributed by atoms with van der Waals surface area (Å²) in [6.45, 7) is 3.78. The molecular weight excluding hydrogens is 436 g/mol. The first kappa shape index (κ1) is 23.3. The molecule has 2 aliphatic rings. The number of ketones is 1. The monoisotopic (exact) mass is 464 g/mol. The standard InChI is InChI=1S/C24H28N6O4/c1-3-26-24(33)20-10-15-9-19(15)30(20)22(32)12-29-18-6-5-16(11-17(18)23(25)14(2)31)34-13-21-27-7-4-8-28-21/h4-8,11,15,19-20,25,29H,3,9-10,12-13H2,1-2H3,(H,26,33)/t15-,19-,20+/m1/s1. The van der Waals surface area contributed by atoms with E-state index in [0.29, 0.717) is 41.7 Å². The average molecular weight is 465 g/mol. The number of benzene rings is 1. The number of Topliss-reactive ketones (excluding diaryl/α,β-unsaturated/α-hetero) is 1. The van der Waals surface area contributed by atoms with E-state index in [0.717, 1.165) is 6.42 Å². The third-order valence-corrected chi connectivity index (χ3v) is 6.08. The van der Waals surface area contributed by atoms with Crippen LogP contribution in [0.25, 0.3) is 0 Å². The third-order valence-electron chi connectivity index (χ3n) is 6.08. The van der Waals surface area contributed by atoms with Gasteiger partial charge in [0.25, 0.3) is 0 Å². The quantitative estimate of drug-likeness (QED) is 0.454. The molecule has 2 fully saturated rings. The van der Waals surface area contributed by atoms with Crippen LogP contribution in [0.2, 0.25) is 0 Å². The lowest BCUT2D eigenvalue weighted by atomic mass is 10.0. The molecule has 10 nitrogen and oxygen atoms in total. The summed E-state index contributed by atoms with van der Waals surface area (Å²) in [6, 6.07) is 6.34. The maximum atomic E-state index is 13.0. The Morgan fingerprint density at radius 2 is 1.97 bits per heavy atom. The molecule has 0 bridgehead atoms. The Morgan fingerprint density at radius 3 is 2.68 bits per heavy atom. The van der Waals surface area contributed by atoms with Gasteiger partial charge >= 0.3 is 0 Å². The van der Waals surface area contributed by atoms with E-state index in [1.165, 1.54) is 6.92 Å². The summed E-state index contributed by atoms with van der Waals surface area (Å²) in [6.07, 6.45) is 4.86. The molecular formula is C24H28N6O4. The van der Waals surface area contributed by atoms with Gasteiger partial charge in [-0.1, -0.05) is 0 Å². The number of carbonyl (C=O) groups is 3. The molecule has 2 aromatic rings. The molecule has 1 aliphatic heterocycles. The number of nitrogens with zero attached hydrogens (tertiary/aromatic N) is 3. The molecule has 0 unspecified atom stereocenters. The third kappa shape index (κ3) is 5.05. The maximum Gasteiger partial charge on any atom is 0.242 e. The minimum Gasteiger partial charge on any atom is -0.486 e. The topological polar surface area (TPSA) is 137 Å². The number of fused-ring (bicyclic) bond motifs is 1. The first-order valence-corrected chi connectivity index (χ1v) is 11.3. The van der Waals surface area contributed by atoms with Crippen molar-refractivity contribution in [1.82, 2.24) is 20.2 Å². The summed E-state index contributed by atoms with van der Waals surface area (Å²) in [5.41, 5.74) is 0.607. The van der Waals surface area contributed by atoms with E-state index < -0.39 is 11.8 Å². The Morgan fingerprint density at radius 1 is 1.21 bits per heavy atom. The number of aromatic nitrogens is 2. The van der Waals surface area contributed by atoms with Gasteiger partial charge in [0, 0.05) is 43.2 Å². The largest absolute Gasteiger partial charge is 0.486 e. The van der Waals surface area contributed by atoms with Crippen molar-refractivity contribution >= 4 is 29.0 Å². The fourth-order valence-electron chi connectivity index (χ4n) is 4.32. The zero-order valence-corrected chi connectivity index (χ0v) is 19.2. The van der Waals surface area contributed by atoms with Crippen molar-refractivity contribution in [3.63, 3.8) is 0 Å². The number of likely N-dealkylation sites (tertiary alicyclic amines) is 1. The van der Waals surface area contributed by atoms with Crippen molar-refractivity contribution in [1.29, 1.82) is 5.41 Å². The summed E-state index contributed by atoms with van der Waals surface area (Å²) in [7, 11) is 0. The highest BCUT2D eigenvalue weighted by Gasteiger charge is 2.55. The molecule has 10 heteroatoms. The number of anilines is 1. The fourth-order valence-corrected chi connectivity index (χ4v) is 4.32. The van der Waals surface area contributed by atoms with Crippen LogP contribution in [0, 0.1) is 11.3 Å². The highest BCUT2D eigenvalue weighted by atomic mass is 16.5. The molecule has 34 heavy (non-hydrogen) atoms. The minimum absolute atomic E-state index is 0.0463. The van der Waals surface area contributed by atoms with Crippen LogP contribution in [0.3, 0.4) is 0 Å². The van der Waals surface area contributed by atoms with Gasteiger partial charge in [-0.3, -0.25) is 19.8 Å². The van der Waals surface area contributed by atoms with E-state index in [-0.39, 0.29) is 36.7 Å². The number of hydrogen-bond acceptors (Lipinski definition) is 8. The van der Waals surface area contributed by atoms with E-state index in [1.54, 1.807) is 41.6 Å². The van der Waals surface area contributed by atoms with Crippen LogP contribution in [0.15, 0.2) is 36.7 Å². The zero-order chi connectivity index (χ0) is 24.2. The lowest BCUT2D eigenvalue weighted by Gasteiger charge is -2.27. The summed E-state index contributed by atoms with van der Waals surface area (Å²) >= 11 is 0. The molecule has 1 saturated carbocycles. The Bertz CT molecular complexity index is 1110. The first-order chi connectivity index (χ1) is 16.4. The second-order valence-electron chi connectivity index (χ2n) is 8.46. The molecule has 3 N–H and O–H groups in total. The lowest BCUT2D eigenvalue weighted by molar-refractivity contribution is -0.138. The average Bonchev–Trinajstić information content (AvgIpc) is 3.50. The molecule has 2 amide bonds. The van der Waals surface area contributed by atoms with E-state index >= 15 is 0 Å². The zero-order valence-electron chi connectivity index (χ0n) is 19.2. The second-order valence-corrected chi connectivity index (χ2v) is 8.46. The van der Waals surface area contributed by atoms with Crippen LogP contribution in [0.5, 0.6) is 5.75 Å². The van der Waals surface area contributed by atoms with Gasteiger partial charge in [0.2, 0.25) is 11.8 Å². The molecule has 2 heterocycles. The van der Waals surface area contributed by atoms with Crippen LogP contribution < -0.4 is 15.4 Å². The predicted molar refractivity (Wildman–Crippen MR) is 125 cm³/mol. The number of carbonyl (C=O) groups excluding carboxylic acids is 3. The minimum atomic E-state index is -0.441. The van der Waals surface area contributed by atoms with Crippen LogP contribution >= 0.6 is 0 Å². The first-order valence-electron chi connectivity index (χ1n) is 11.3. The summed E-state index contributed by atoms with van der Waals surface area (Å²) in [5, 5.41) is 14.1. The van der Waals surface area contributed by atoms with Gasteiger partial charge in [0.15, 0.2) is 11.6 Å². The summed E-state index contributed by atoms with van der Waals surface area (Å²) < 4.78 is 5.73. The number of nitrogens with one attached hydrogen (secondary N) is 3. The molecule has 1 saturated heterocycles. The number of likely N-dealkylation sites (N-methyl/N-ethyl adjacent to an activating group) is 1. The molecule has 1 aromatic carbocycles. The van der Waals surface area contributed by atoms with Gasteiger partial charge < -0.3 is 20.3 Å². The second kappa shape index (κ2) is 9.98. The molecule has 1 aliphatic carbocycles. The number of amides is 2. The van der Waals surface area contributed by atoms with Crippen molar-refractivity contribution < 1.29 is 19.1 Å². The van der Waals surface area contributed by atoms with Crippen LogP contribution in [-0.4, -0.2) is 63.4 Å². The fraction of sp³-hybridized carbons (Fsp3) is 0.417. The number of piperidine rings is 1. The maximum absolute atomic E-state index is 13.0. The summed E-state index contributed by atoms with van der Waals surface area (Å²) in [4.78, 5) is 47.3. The SMILES string of the molecule is CCNC(=O)[C@@H]1C[C@H]2C[C@H]2N1C(=O)CNc1ccc(OCc2ncccn2)cc1C(=N)C(C)=O. The Labute approximate surface area is 197 Å². The van der Waals surface area contributed by atoms with Crippen molar-refractivity contribution in [2.24, 2.45) is 5.92 Å². The van der Waals surface area contributed by atoms with Crippen LogP contribution in [0.1, 0.15) is 38.1 Å². The van der Waals surface area contributed by atoms with Gasteiger partial charge in [0.05, 0.1) is 6.54 Å². The van der Waals surface area contributed by atoms with Gasteiger partial charge in [-0.25, -0.2) is 9.97 Å². The van der Waals surface area contributed by atoms with E-state index in [2.05, 4.69) is 20.6 Å². The van der Waals surface area contributed by atoms with Gasteiger partial charge in [-0.05, 0) is 49.9 Å². The highest BCUT2D eigenvalue weighted by Crippen LogP contribution is 2.47. The van der Waals surface area contributed by atoms with Gasteiger partial charge in [-0.15, -0.1) is 0 Å². The summed E-state index contributed by atoms with van der Waals surface area (Å²) in [5.74, 6) is 0.637. The number of ether oxygens (including phenoxy) is 1. The predicted octanol–water partition coefficient (Wildman–Crippen LogP) is 1.55. The molecule has 178 valence electrons. The molecule has 0 radical (unpaired) electrons. The van der Waals surface area contributed by atoms with E-state index in [9.17, 15) is 14.4 Å². The van der Waals surface area contributed by atoms with Crippen LogP contribution in [0.4, 0.5) is 5.69 Å². The molecule has 0 spiro atoms. The van der Waals surface area contributed by atoms with Crippen molar-refractivity contribution in [3.05, 3.63) is 48.0 Å². The van der Waals surface area contributed by atoms with Gasteiger partial charge in [0.1, 0.15) is 24.1 Å².